The summed E-state index contributed by atoms with van der Waals surface area (Å²) in [5.41, 5.74) is 2.08. The molecule has 0 saturated carbocycles. The van der Waals surface area contributed by atoms with Gasteiger partial charge in [-0.25, -0.2) is 4.98 Å². The van der Waals surface area contributed by atoms with E-state index in [-0.39, 0.29) is 0 Å². The molecule has 0 saturated heterocycles. The van der Waals surface area contributed by atoms with E-state index < -0.39 is 0 Å². The molecule has 1 aromatic heterocycles. The Labute approximate surface area is 81.4 Å². The maximum atomic E-state index is 5.60. The van der Waals surface area contributed by atoms with Gasteiger partial charge in [0.05, 0.1) is 0 Å². The van der Waals surface area contributed by atoms with Crippen LogP contribution in [0.25, 0.3) is 0 Å². The first-order chi connectivity index (χ1) is 6.93. The predicted octanol–water partition coefficient (Wildman–Crippen LogP) is 2.17. The lowest BCUT2D eigenvalue weighted by molar-refractivity contribution is 0.435. The van der Waals surface area contributed by atoms with Crippen LogP contribution in [0.3, 0.4) is 0 Å². The van der Waals surface area contributed by atoms with Crippen molar-refractivity contribution in [3.63, 3.8) is 0 Å². The Balaban J connectivity index is 2.12. The highest BCUT2D eigenvalue weighted by Crippen LogP contribution is 2.32. The first-order valence-electron chi connectivity index (χ1n) is 4.49. The Morgan fingerprint density at radius 3 is 2.93 bits per heavy atom. The van der Waals surface area contributed by atoms with Crippen LogP contribution in [-0.4, -0.2) is 9.97 Å². The average molecular weight is 184 g/mol. The summed E-state index contributed by atoms with van der Waals surface area (Å²) in [6.07, 6.45) is 4.14. The first-order valence-corrected chi connectivity index (χ1v) is 4.49. The fourth-order valence-electron chi connectivity index (χ4n) is 1.59. The molecular formula is C11H8N2O. The normalized spacial score (nSPS) is 12.6. The van der Waals surface area contributed by atoms with E-state index in [1.165, 1.54) is 5.56 Å². The summed E-state index contributed by atoms with van der Waals surface area (Å²) in [6, 6.07) is 7.96. The summed E-state index contributed by atoms with van der Waals surface area (Å²) >= 11 is 0. The van der Waals surface area contributed by atoms with Gasteiger partial charge in [0.2, 0.25) is 5.88 Å². The molecular weight excluding hydrogens is 176 g/mol. The van der Waals surface area contributed by atoms with Crippen LogP contribution in [0.1, 0.15) is 11.3 Å². The lowest BCUT2D eigenvalue weighted by atomic mass is 10.1. The van der Waals surface area contributed by atoms with Gasteiger partial charge >= 0.3 is 0 Å². The third-order valence-electron chi connectivity index (χ3n) is 2.27. The number of aromatic nitrogens is 2. The van der Waals surface area contributed by atoms with Gasteiger partial charge in [-0.05, 0) is 6.07 Å². The van der Waals surface area contributed by atoms with E-state index in [1.54, 1.807) is 12.4 Å². The molecule has 2 aromatic rings. The number of fused-ring (bicyclic) bond motifs is 2. The molecule has 0 amide bonds. The smallest absolute Gasteiger partial charge is 0.241 e. The third kappa shape index (κ3) is 1.06. The second kappa shape index (κ2) is 2.80. The van der Waals surface area contributed by atoms with E-state index in [0.717, 1.165) is 17.9 Å². The van der Waals surface area contributed by atoms with Crippen molar-refractivity contribution >= 4 is 0 Å². The Morgan fingerprint density at radius 2 is 1.93 bits per heavy atom. The number of ether oxygens (including phenoxy) is 1. The van der Waals surface area contributed by atoms with Gasteiger partial charge < -0.3 is 4.74 Å². The molecule has 0 aliphatic carbocycles. The quantitative estimate of drug-likeness (QED) is 0.537. The van der Waals surface area contributed by atoms with Crippen molar-refractivity contribution in [2.45, 2.75) is 6.42 Å². The van der Waals surface area contributed by atoms with Gasteiger partial charge in [0.25, 0.3) is 0 Å². The van der Waals surface area contributed by atoms with E-state index >= 15 is 0 Å². The largest absolute Gasteiger partial charge is 0.437 e. The van der Waals surface area contributed by atoms with Gasteiger partial charge in [0.1, 0.15) is 11.4 Å². The van der Waals surface area contributed by atoms with Gasteiger partial charge in [0, 0.05) is 24.4 Å². The monoisotopic (exact) mass is 184 g/mol. The third-order valence-corrected chi connectivity index (χ3v) is 2.27. The minimum atomic E-state index is 0.631. The number of hydrogen-bond acceptors (Lipinski definition) is 3. The predicted molar refractivity (Wildman–Crippen MR) is 51.4 cm³/mol. The molecule has 1 aromatic carbocycles. The molecule has 0 unspecified atom stereocenters. The highest BCUT2D eigenvalue weighted by Gasteiger charge is 2.17. The van der Waals surface area contributed by atoms with E-state index in [1.807, 2.05) is 24.3 Å². The van der Waals surface area contributed by atoms with Crippen molar-refractivity contribution in [1.29, 1.82) is 0 Å². The maximum absolute atomic E-state index is 5.60. The van der Waals surface area contributed by atoms with Gasteiger partial charge in [-0.3, -0.25) is 4.98 Å². The lowest BCUT2D eigenvalue weighted by Gasteiger charge is -2.17. The number of benzene rings is 1. The summed E-state index contributed by atoms with van der Waals surface area (Å²) in [5, 5.41) is 0. The lowest BCUT2D eigenvalue weighted by Crippen LogP contribution is -2.05. The fourth-order valence-corrected chi connectivity index (χ4v) is 1.59. The number of hydrogen-bond donors (Lipinski definition) is 0. The molecule has 3 nitrogen and oxygen atoms in total. The van der Waals surface area contributed by atoms with Crippen molar-refractivity contribution in [3.8, 4) is 11.6 Å². The molecule has 0 fully saturated rings. The van der Waals surface area contributed by atoms with Crippen LogP contribution in [0, 0.1) is 0 Å². The minimum Gasteiger partial charge on any atom is -0.437 e. The van der Waals surface area contributed by atoms with E-state index in [2.05, 4.69) is 9.97 Å². The number of nitrogens with zero attached hydrogens (tertiary/aromatic N) is 2. The second-order valence-electron chi connectivity index (χ2n) is 3.19. The standard InChI is InChI=1S/C11H8N2O/c1-2-4-10-8(3-1)7-9-11(14-10)13-6-5-12-9/h1-6H,7H2. The zero-order chi connectivity index (χ0) is 9.38. The second-order valence-corrected chi connectivity index (χ2v) is 3.19. The Hall–Kier alpha value is -1.90. The van der Waals surface area contributed by atoms with Gasteiger partial charge in [-0.15, -0.1) is 0 Å². The van der Waals surface area contributed by atoms with Crippen LogP contribution in [0.2, 0.25) is 0 Å². The fraction of sp³-hybridized carbons (Fsp3) is 0.0909. The molecule has 1 aliphatic heterocycles. The Morgan fingerprint density at radius 1 is 1.07 bits per heavy atom. The summed E-state index contributed by atoms with van der Waals surface area (Å²) in [4.78, 5) is 8.36. The molecule has 14 heavy (non-hydrogen) atoms. The summed E-state index contributed by atoms with van der Waals surface area (Å²) in [6.45, 7) is 0. The first kappa shape index (κ1) is 7.50. The molecule has 0 bridgehead atoms. The maximum Gasteiger partial charge on any atom is 0.241 e. The van der Waals surface area contributed by atoms with Crippen LogP contribution in [0.4, 0.5) is 0 Å². The highest BCUT2D eigenvalue weighted by atomic mass is 16.5. The van der Waals surface area contributed by atoms with Gasteiger partial charge in [-0.2, -0.15) is 0 Å². The van der Waals surface area contributed by atoms with Crippen LogP contribution in [-0.2, 0) is 6.42 Å². The Bertz CT molecular complexity index is 395. The van der Waals surface area contributed by atoms with Gasteiger partial charge in [0.15, 0.2) is 0 Å². The van der Waals surface area contributed by atoms with Crippen molar-refractivity contribution in [2.75, 3.05) is 0 Å². The van der Waals surface area contributed by atoms with Gasteiger partial charge in [-0.1, -0.05) is 18.2 Å². The van der Waals surface area contributed by atoms with Crippen molar-refractivity contribution < 1.29 is 4.74 Å². The summed E-state index contributed by atoms with van der Waals surface area (Å²) in [5.74, 6) is 1.52. The van der Waals surface area contributed by atoms with Crippen molar-refractivity contribution in [3.05, 3.63) is 47.9 Å². The molecule has 68 valence electrons. The molecule has 1 aliphatic rings. The van der Waals surface area contributed by atoms with Crippen LogP contribution >= 0.6 is 0 Å². The Kier molecular flexibility index (Phi) is 1.50. The van der Waals surface area contributed by atoms with E-state index in [0.29, 0.717) is 5.88 Å². The molecule has 0 spiro atoms. The molecule has 3 rings (SSSR count). The van der Waals surface area contributed by atoms with E-state index in [9.17, 15) is 0 Å². The average Bonchev–Trinajstić information content (AvgIpc) is 2.26. The highest BCUT2D eigenvalue weighted by molar-refractivity contribution is 5.44. The topological polar surface area (TPSA) is 35.0 Å². The molecule has 0 N–H and O–H groups in total. The van der Waals surface area contributed by atoms with Crippen LogP contribution in [0.15, 0.2) is 36.7 Å². The summed E-state index contributed by atoms with van der Waals surface area (Å²) < 4.78 is 5.60. The molecule has 3 heteroatoms. The molecule has 2 heterocycles. The summed E-state index contributed by atoms with van der Waals surface area (Å²) in [7, 11) is 0. The number of para-hydroxylation sites is 1. The van der Waals surface area contributed by atoms with E-state index in [4.69, 9.17) is 4.74 Å². The van der Waals surface area contributed by atoms with Crippen LogP contribution < -0.4 is 4.74 Å². The molecule has 0 radical (unpaired) electrons. The van der Waals surface area contributed by atoms with Crippen molar-refractivity contribution in [1.82, 2.24) is 9.97 Å². The minimum absolute atomic E-state index is 0.631. The van der Waals surface area contributed by atoms with Crippen molar-refractivity contribution in [2.24, 2.45) is 0 Å². The zero-order valence-electron chi connectivity index (χ0n) is 7.47. The zero-order valence-corrected chi connectivity index (χ0v) is 7.47. The molecule has 0 atom stereocenters. The SMILES string of the molecule is c1ccc2c(c1)Cc1nccnc1O2. The number of rotatable bonds is 0. The van der Waals surface area contributed by atoms with Crippen LogP contribution in [0.5, 0.6) is 11.6 Å².